The maximum Gasteiger partial charge on any atom is 0.245 e. The Kier molecular flexibility index (Phi) is 4.52. The maximum absolute atomic E-state index is 11.7. The Balaban J connectivity index is 1.91. The first kappa shape index (κ1) is 13.5. The van der Waals surface area contributed by atoms with Gasteiger partial charge in [0.1, 0.15) is 0 Å². The maximum atomic E-state index is 11.7. The molecule has 0 aliphatic heterocycles. The summed E-state index contributed by atoms with van der Waals surface area (Å²) >= 11 is 3.41. The van der Waals surface area contributed by atoms with Crippen LogP contribution in [0.25, 0.3) is 0 Å². The van der Waals surface area contributed by atoms with Crippen molar-refractivity contribution >= 4 is 28.1 Å². The van der Waals surface area contributed by atoms with Gasteiger partial charge in [0.05, 0.1) is 12.6 Å². The normalized spacial score (nSPS) is 10.8. The van der Waals surface area contributed by atoms with Gasteiger partial charge in [-0.2, -0.15) is 5.10 Å². The van der Waals surface area contributed by atoms with Crippen LogP contribution in [-0.2, 0) is 18.3 Å². The average Bonchev–Trinajstić information content (AvgIpc) is 2.77. The Morgan fingerprint density at radius 3 is 2.84 bits per heavy atom. The quantitative estimate of drug-likeness (QED) is 0.683. The molecule has 4 nitrogen and oxygen atoms in total. The summed E-state index contributed by atoms with van der Waals surface area (Å²) in [5, 5.41) is 3.95. The zero-order valence-electron chi connectivity index (χ0n) is 10.5. The zero-order chi connectivity index (χ0) is 13.7. The molecule has 1 aromatic carbocycles. The average molecular weight is 320 g/mol. The fourth-order valence-electron chi connectivity index (χ4n) is 1.64. The Morgan fingerprint density at radius 2 is 2.16 bits per heavy atom. The number of rotatable bonds is 4. The van der Waals surface area contributed by atoms with Gasteiger partial charge in [0.25, 0.3) is 0 Å². The second-order valence-electron chi connectivity index (χ2n) is 4.10. The SMILES string of the molecule is Cn1cccc1CC(=O)NN=Cc1ccccc1Br. The van der Waals surface area contributed by atoms with Crippen molar-refractivity contribution in [1.82, 2.24) is 9.99 Å². The van der Waals surface area contributed by atoms with Crippen molar-refractivity contribution in [3.63, 3.8) is 0 Å². The monoisotopic (exact) mass is 319 g/mol. The molecule has 0 radical (unpaired) electrons. The molecule has 2 rings (SSSR count). The van der Waals surface area contributed by atoms with Gasteiger partial charge in [-0.05, 0) is 18.2 Å². The van der Waals surface area contributed by atoms with Crippen LogP contribution < -0.4 is 5.43 Å². The Labute approximate surface area is 120 Å². The van der Waals surface area contributed by atoms with E-state index >= 15 is 0 Å². The van der Waals surface area contributed by atoms with Crippen molar-refractivity contribution in [2.45, 2.75) is 6.42 Å². The molecule has 0 bridgehead atoms. The van der Waals surface area contributed by atoms with Crippen LogP contribution in [0.15, 0.2) is 52.2 Å². The lowest BCUT2D eigenvalue weighted by atomic mass is 10.2. The highest BCUT2D eigenvalue weighted by Gasteiger charge is 2.04. The second-order valence-corrected chi connectivity index (χ2v) is 4.96. The van der Waals surface area contributed by atoms with E-state index in [1.165, 1.54) is 0 Å². The molecule has 1 heterocycles. The van der Waals surface area contributed by atoms with Crippen molar-refractivity contribution < 1.29 is 4.79 Å². The lowest BCUT2D eigenvalue weighted by Crippen LogP contribution is -2.20. The third-order valence-electron chi connectivity index (χ3n) is 2.69. The number of hydrazone groups is 1. The number of aryl methyl sites for hydroxylation is 1. The minimum absolute atomic E-state index is 0.134. The summed E-state index contributed by atoms with van der Waals surface area (Å²) in [5.41, 5.74) is 4.39. The van der Waals surface area contributed by atoms with Crippen LogP contribution >= 0.6 is 15.9 Å². The molecule has 0 fully saturated rings. The molecule has 0 unspecified atom stereocenters. The zero-order valence-corrected chi connectivity index (χ0v) is 12.1. The predicted octanol–water partition coefficient (Wildman–Crippen LogP) is 2.48. The van der Waals surface area contributed by atoms with E-state index in [4.69, 9.17) is 0 Å². The smallest absolute Gasteiger partial charge is 0.245 e. The molecule has 98 valence electrons. The van der Waals surface area contributed by atoms with Crippen molar-refractivity contribution in [2.24, 2.45) is 12.1 Å². The number of carbonyl (C=O) groups excluding carboxylic acids is 1. The highest BCUT2D eigenvalue weighted by molar-refractivity contribution is 9.10. The van der Waals surface area contributed by atoms with Gasteiger partial charge in [-0.3, -0.25) is 4.79 Å². The lowest BCUT2D eigenvalue weighted by Gasteiger charge is -2.02. The molecule has 0 aliphatic rings. The topological polar surface area (TPSA) is 46.4 Å². The summed E-state index contributed by atoms with van der Waals surface area (Å²) in [7, 11) is 1.91. The molecular weight excluding hydrogens is 306 g/mol. The summed E-state index contributed by atoms with van der Waals surface area (Å²) in [6.45, 7) is 0. The molecule has 0 spiro atoms. The summed E-state index contributed by atoms with van der Waals surface area (Å²) in [6, 6.07) is 11.5. The third kappa shape index (κ3) is 3.79. The third-order valence-corrected chi connectivity index (χ3v) is 3.41. The lowest BCUT2D eigenvalue weighted by molar-refractivity contribution is -0.120. The summed E-state index contributed by atoms with van der Waals surface area (Å²) < 4.78 is 2.85. The van der Waals surface area contributed by atoms with E-state index in [1.807, 2.05) is 54.2 Å². The van der Waals surface area contributed by atoms with Crippen molar-refractivity contribution in [3.8, 4) is 0 Å². The summed E-state index contributed by atoms with van der Waals surface area (Å²) in [6.07, 6.45) is 3.84. The van der Waals surface area contributed by atoms with Crippen LogP contribution in [0.4, 0.5) is 0 Å². The van der Waals surface area contributed by atoms with Gasteiger partial charge in [0.15, 0.2) is 0 Å². The number of hydrogen-bond acceptors (Lipinski definition) is 2. The molecule has 1 aromatic heterocycles. The van der Waals surface area contributed by atoms with Gasteiger partial charge in [-0.15, -0.1) is 0 Å². The van der Waals surface area contributed by atoms with Gasteiger partial charge in [-0.1, -0.05) is 34.1 Å². The van der Waals surface area contributed by atoms with Gasteiger partial charge < -0.3 is 4.57 Å². The number of nitrogens with one attached hydrogen (secondary N) is 1. The number of halogens is 1. The molecule has 1 amide bonds. The van der Waals surface area contributed by atoms with E-state index in [0.717, 1.165) is 15.7 Å². The van der Waals surface area contributed by atoms with E-state index in [-0.39, 0.29) is 5.91 Å². The van der Waals surface area contributed by atoms with Crippen LogP contribution in [0.3, 0.4) is 0 Å². The Hall–Kier alpha value is -1.88. The van der Waals surface area contributed by atoms with Crippen LogP contribution in [0.2, 0.25) is 0 Å². The fourth-order valence-corrected chi connectivity index (χ4v) is 2.02. The van der Waals surface area contributed by atoms with E-state index in [9.17, 15) is 4.79 Å². The number of carbonyl (C=O) groups is 1. The van der Waals surface area contributed by atoms with E-state index in [2.05, 4.69) is 26.5 Å². The molecule has 5 heteroatoms. The highest BCUT2D eigenvalue weighted by Crippen LogP contribution is 2.13. The molecule has 0 aliphatic carbocycles. The molecule has 19 heavy (non-hydrogen) atoms. The van der Waals surface area contributed by atoms with Crippen molar-refractivity contribution in [3.05, 3.63) is 58.3 Å². The molecule has 2 aromatic rings. The van der Waals surface area contributed by atoms with Crippen LogP contribution in [0.5, 0.6) is 0 Å². The number of benzene rings is 1. The van der Waals surface area contributed by atoms with E-state index in [1.54, 1.807) is 6.21 Å². The van der Waals surface area contributed by atoms with Gasteiger partial charge in [0.2, 0.25) is 5.91 Å². The molecule has 0 atom stereocenters. The molecular formula is C14H14BrN3O. The number of hydrogen-bond donors (Lipinski definition) is 1. The minimum atomic E-state index is -0.134. The van der Waals surface area contributed by atoms with E-state index < -0.39 is 0 Å². The summed E-state index contributed by atoms with van der Waals surface area (Å²) in [5.74, 6) is -0.134. The first-order chi connectivity index (χ1) is 9.16. The minimum Gasteiger partial charge on any atom is -0.354 e. The molecule has 0 saturated heterocycles. The summed E-state index contributed by atoms with van der Waals surface area (Å²) in [4.78, 5) is 11.7. The molecule has 1 N–H and O–H groups in total. The molecule has 0 saturated carbocycles. The first-order valence-corrected chi connectivity index (χ1v) is 6.63. The van der Waals surface area contributed by atoms with Crippen molar-refractivity contribution in [2.75, 3.05) is 0 Å². The van der Waals surface area contributed by atoms with E-state index in [0.29, 0.717) is 6.42 Å². The largest absolute Gasteiger partial charge is 0.354 e. The number of amides is 1. The Morgan fingerprint density at radius 1 is 1.37 bits per heavy atom. The van der Waals surface area contributed by atoms with Gasteiger partial charge in [-0.25, -0.2) is 5.43 Å². The van der Waals surface area contributed by atoms with Crippen LogP contribution in [-0.4, -0.2) is 16.7 Å². The van der Waals surface area contributed by atoms with Crippen LogP contribution in [0, 0.1) is 0 Å². The second kappa shape index (κ2) is 6.33. The number of nitrogens with zero attached hydrogens (tertiary/aromatic N) is 2. The van der Waals surface area contributed by atoms with Crippen molar-refractivity contribution in [1.29, 1.82) is 0 Å². The van der Waals surface area contributed by atoms with Crippen LogP contribution in [0.1, 0.15) is 11.3 Å². The predicted molar refractivity (Wildman–Crippen MR) is 79.0 cm³/mol. The van der Waals surface area contributed by atoms with Gasteiger partial charge >= 0.3 is 0 Å². The standard InChI is InChI=1S/C14H14BrN3O/c1-18-8-4-6-12(18)9-14(19)17-16-10-11-5-2-3-7-13(11)15/h2-8,10H,9H2,1H3,(H,17,19). The number of aromatic nitrogens is 1. The Bertz CT molecular complexity index is 604. The van der Waals surface area contributed by atoms with Gasteiger partial charge in [0, 0.05) is 29.0 Å². The first-order valence-electron chi connectivity index (χ1n) is 5.83. The highest BCUT2D eigenvalue weighted by atomic mass is 79.9. The fraction of sp³-hybridized carbons (Fsp3) is 0.143.